The highest BCUT2D eigenvalue weighted by Crippen LogP contribution is 2.51. The largest absolute Gasteiger partial charge is 0.487 e. The molecule has 8 heterocycles. The summed E-state index contributed by atoms with van der Waals surface area (Å²) in [5.74, 6) is 1.10. The van der Waals surface area contributed by atoms with Crippen molar-refractivity contribution in [3.63, 3.8) is 0 Å². The van der Waals surface area contributed by atoms with Gasteiger partial charge in [0.05, 0.1) is 45.7 Å². The number of halogens is 4. The number of hydrogen-bond acceptors (Lipinski definition) is 18. The zero-order valence-electron chi connectivity index (χ0n) is 52.6. The first-order valence-electron chi connectivity index (χ1n) is 31.6. The number of rotatable bonds is 17. The van der Waals surface area contributed by atoms with Crippen LogP contribution in [-0.4, -0.2) is 189 Å². The molecule has 25 heteroatoms. The first-order chi connectivity index (χ1) is 45.0. The predicted octanol–water partition coefficient (Wildman–Crippen LogP) is 11.4. The molecule has 4 aromatic carbocycles. The van der Waals surface area contributed by atoms with Gasteiger partial charge < -0.3 is 38.4 Å². The van der Waals surface area contributed by atoms with Crippen molar-refractivity contribution < 1.29 is 46.8 Å². The molecule has 4 atom stereocenters. The van der Waals surface area contributed by atoms with Crippen LogP contribution in [0.15, 0.2) is 86.8 Å². The van der Waals surface area contributed by atoms with Gasteiger partial charge in [-0.15, -0.1) is 0 Å². The number of carbonyl (C=O) groups excluding carboxylic acids is 3. The number of nitrogens with one attached hydrogen (secondary N) is 2. The van der Waals surface area contributed by atoms with Crippen molar-refractivity contribution in [1.29, 1.82) is 0 Å². The highest BCUT2D eigenvalue weighted by Gasteiger charge is 2.36. The Hall–Kier alpha value is -8.51. The molecular formula is C68H75Cl2F2N13O8. The summed E-state index contributed by atoms with van der Waals surface area (Å²) in [5.41, 5.74) is 8.70. The summed E-state index contributed by atoms with van der Waals surface area (Å²) in [6.45, 7) is 19.3. The fraction of sp³-hybridized carbons (Fsp3) is 0.426. The number of ether oxygens (including phenoxy) is 5. The fourth-order valence-corrected chi connectivity index (χ4v) is 13.2. The number of H-pyrrole nitrogens is 2. The minimum Gasteiger partial charge on any atom is -0.487 e. The fourth-order valence-electron chi connectivity index (χ4n) is 12.6. The second-order valence-corrected chi connectivity index (χ2v) is 25.4. The molecule has 6 aliphatic rings. The van der Waals surface area contributed by atoms with Crippen molar-refractivity contribution in [3.8, 4) is 45.8 Å². The van der Waals surface area contributed by atoms with Gasteiger partial charge in [-0.3, -0.25) is 24.8 Å². The lowest BCUT2D eigenvalue weighted by atomic mass is 9.94. The summed E-state index contributed by atoms with van der Waals surface area (Å²) in [4.78, 5) is 62.5. The lowest BCUT2D eigenvalue weighted by Crippen LogP contribution is -2.48. The Balaban J connectivity index is 0.000000159. The third kappa shape index (κ3) is 14.2. The molecule has 93 heavy (non-hydrogen) atoms. The zero-order chi connectivity index (χ0) is 65.2. The van der Waals surface area contributed by atoms with E-state index < -0.39 is 24.3 Å². The van der Waals surface area contributed by atoms with Crippen molar-refractivity contribution in [2.24, 2.45) is 0 Å². The first kappa shape index (κ1) is 64.6. The van der Waals surface area contributed by atoms with E-state index in [0.29, 0.717) is 97.1 Å². The maximum Gasteiger partial charge on any atom is 0.338 e. The highest BCUT2D eigenvalue weighted by molar-refractivity contribution is 6.36. The number of benzene rings is 4. The number of aromatic nitrogens is 8. The molecule has 488 valence electrons. The standard InChI is InChI=1S/C32H35ClFN7O3.C30H34ClFN6O2.C6H6O3/c1-4-26(42)40-9-11-41(12-10-40)31-22-14-24(33)28(27-18(2)5-8-25-23(27)15-35-38-25)30(44-21-6-7-21)29(22)36-32(37-31)43-17-20-13-19(34)16-39(20)3;1-17-6-9-24-22(14-33-36-24)25(17)26-23(31)13-21-27(28(26)40-20-7-8-20)34-30(35-29(21)38-10-4-3-5-11-38)39-16-19-12-18(32)15-37(19)2;1-3-5(7)9-6(8)4-2/h4-5,8,14-15,19-21H,1,6-7,9-13,16-17H2,2-3H3,(H,35,38);6,9,13-14,18-20H,3-5,7-8,10-12,15-16H2,1-2H3,(H,33,36);3-4H,1-2H2/t19-,20+;18-,19+;/m11./s1. The number of fused-ring (bicyclic) bond motifs is 4. The lowest BCUT2D eigenvalue weighted by Gasteiger charge is -2.35. The van der Waals surface area contributed by atoms with E-state index in [1.165, 1.54) is 12.5 Å². The van der Waals surface area contributed by atoms with Gasteiger partial charge in [-0.1, -0.05) is 55.1 Å². The second kappa shape index (κ2) is 28.0. The van der Waals surface area contributed by atoms with Crippen LogP contribution in [0.4, 0.5) is 20.4 Å². The maximum atomic E-state index is 14.1. The molecule has 2 aliphatic carbocycles. The topological polar surface area (TPSA) is 222 Å². The summed E-state index contributed by atoms with van der Waals surface area (Å²) in [6, 6.07) is 12.4. The minimum absolute atomic E-state index is 0.0166. The number of carbonyl (C=O) groups is 3. The number of piperazine rings is 1. The minimum atomic E-state index is -0.881. The average molecular weight is 1310 g/mol. The molecule has 8 aromatic rings. The molecule has 1 amide bonds. The van der Waals surface area contributed by atoms with Crippen LogP contribution < -0.4 is 28.7 Å². The van der Waals surface area contributed by atoms with Crippen molar-refractivity contribution >= 4 is 96.3 Å². The van der Waals surface area contributed by atoms with Gasteiger partial charge in [0, 0.05) is 120 Å². The van der Waals surface area contributed by atoms with Crippen molar-refractivity contribution in [3.05, 3.63) is 108 Å². The molecule has 0 radical (unpaired) electrons. The predicted molar refractivity (Wildman–Crippen MR) is 355 cm³/mol. The third-order valence-electron chi connectivity index (χ3n) is 17.8. The number of anilines is 2. The Bertz CT molecular complexity index is 4150. The van der Waals surface area contributed by atoms with Gasteiger partial charge >= 0.3 is 24.0 Å². The monoisotopic (exact) mass is 1310 g/mol. The van der Waals surface area contributed by atoms with E-state index in [4.69, 9.17) is 62.1 Å². The number of likely N-dealkylation sites (N-methyl/N-ethyl adjacent to an activating group) is 2. The molecular weight excluding hydrogens is 1240 g/mol. The van der Waals surface area contributed by atoms with E-state index in [1.54, 1.807) is 11.1 Å². The molecule has 4 aliphatic heterocycles. The summed E-state index contributed by atoms with van der Waals surface area (Å²) in [6.07, 6.45) is 13.4. The van der Waals surface area contributed by atoms with Gasteiger partial charge in [0.25, 0.3) is 0 Å². The Morgan fingerprint density at radius 1 is 0.591 bits per heavy atom. The zero-order valence-corrected chi connectivity index (χ0v) is 54.1. The molecule has 4 saturated heterocycles. The quantitative estimate of drug-likeness (QED) is 0.0491. The molecule has 6 fully saturated rings. The number of esters is 2. The van der Waals surface area contributed by atoms with E-state index in [9.17, 15) is 23.2 Å². The summed E-state index contributed by atoms with van der Waals surface area (Å²) >= 11 is 14.3. The summed E-state index contributed by atoms with van der Waals surface area (Å²) < 4.78 is 57.9. The summed E-state index contributed by atoms with van der Waals surface area (Å²) in [7, 11) is 3.83. The Morgan fingerprint density at radius 3 is 1.43 bits per heavy atom. The number of nitrogens with zero attached hydrogens (tertiary/aromatic N) is 11. The maximum absolute atomic E-state index is 14.1. The first-order valence-corrected chi connectivity index (χ1v) is 32.4. The number of aryl methyl sites for hydroxylation is 2. The van der Waals surface area contributed by atoms with Crippen molar-refractivity contribution in [1.82, 2.24) is 55.0 Å². The van der Waals surface area contributed by atoms with Gasteiger partial charge in [-0.2, -0.15) is 30.1 Å². The van der Waals surface area contributed by atoms with Gasteiger partial charge in [0.15, 0.2) is 11.5 Å². The van der Waals surface area contributed by atoms with Crippen molar-refractivity contribution in [2.75, 3.05) is 89.5 Å². The normalized spacial score (nSPS) is 20.1. The van der Waals surface area contributed by atoms with E-state index in [1.807, 2.05) is 67.3 Å². The molecule has 14 rings (SSSR count). The molecule has 2 saturated carbocycles. The second-order valence-electron chi connectivity index (χ2n) is 24.6. The highest BCUT2D eigenvalue weighted by atomic mass is 35.5. The third-order valence-corrected chi connectivity index (χ3v) is 18.4. The average Bonchev–Trinajstić information content (AvgIpc) is 1.53. The van der Waals surface area contributed by atoms with E-state index >= 15 is 0 Å². The van der Waals surface area contributed by atoms with E-state index in [2.05, 4.69) is 67.7 Å². The van der Waals surface area contributed by atoms with Crippen LogP contribution >= 0.6 is 23.2 Å². The van der Waals surface area contributed by atoms with Crippen LogP contribution in [0.25, 0.3) is 65.9 Å². The Kier molecular flexibility index (Phi) is 19.4. The molecule has 21 nitrogen and oxygen atoms in total. The van der Waals surface area contributed by atoms with Crippen LogP contribution in [0, 0.1) is 13.8 Å². The van der Waals surface area contributed by atoms with E-state index in [-0.39, 0.29) is 48.8 Å². The van der Waals surface area contributed by atoms with Crippen LogP contribution in [0.5, 0.6) is 23.5 Å². The SMILES string of the molecule is C=CC(=O)N1CCN(c2nc(OC[C@@H]3C[C@@H](F)CN3C)nc3c(OC4CC4)c(-c4c(C)ccc5[nH]ncc45)c(Cl)cc23)CC1.C=CC(=O)OC(=O)C=C.Cc1ccc2[nH]ncc2c1-c1c(Cl)cc2c(N3CCCCC3)nc(OC[C@@H]3C[C@@H](F)CN3C)nc2c1OC1CC1. The van der Waals surface area contributed by atoms with Gasteiger partial charge in [-0.25, -0.2) is 18.4 Å². The molecule has 0 unspecified atom stereocenters. The number of piperidine rings is 1. The number of hydrogen-bond donors (Lipinski definition) is 2. The van der Waals surface area contributed by atoms with Crippen LogP contribution in [0.2, 0.25) is 10.0 Å². The number of amides is 1. The molecule has 2 N–H and O–H groups in total. The number of alkyl halides is 2. The van der Waals surface area contributed by atoms with Gasteiger partial charge in [0.2, 0.25) is 5.91 Å². The Morgan fingerprint density at radius 2 is 1.03 bits per heavy atom. The molecule has 4 aromatic heterocycles. The smallest absolute Gasteiger partial charge is 0.338 e. The Labute approximate surface area is 547 Å². The number of likely N-dealkylation sites (tertiary alicyclic amines) is 2. The molecule has 0 bridgehead atoms. The van der Waals surface area contributed by atoms with Crippen LogP contribution in [0.3, 0.4) is 0 Å². The lowest BCUT2D eigenvalue weighted by molar-refractivity contribution is -0.152. The number of aromatic amines is 2. The van der Waals surface area contributed by atoms with Crippen LogP contribution in [0.1, 0.15) is 68.9 Å². The molecule has 0 spiro atoms. The van der Waals surface area contributed by atoms with Crippen molar-refractivity contribution in [2.45, 2.75) is 108 Å². The van der Waals surface area contributed by atoms with Gasteiger partial charge in [-0.05, 0) is 127 Å². The summed E-state index contributed by atoms with van der Waals surface area (Å²) in [5, 5.41) is 19.4. The van der Waals surface area contributed by atoms with Crippen LogP contribution in [-0.2, 0) is 19.1 Å². The van der Waals surface area contributed by atoms with Gasteiger partial charge in [0.1, 0.15) is 48.2 Å². The van der Waals surface area contributed by atoms with E-state index in [0.717, 1.165) is 136 Å².